The molecule has 3 saturated heterocycles. The van der Waals surface area contributed by atoms with Crippen molar-refractivity contribution < 1.29 is 27.8 Å². The lowest BCUT2D eigenvalue weighted by molar-refractivity contribution is -0.146. The Hall–Kier alpha value is -1.56. The minimum absolute atomic E-state index is 0.0359. The van der Waals surface area contributed by atoms with Crippen molar-refractivity contribution in [3.8, 4) is 0 Å². The number of sulfonamides is 1. The van der Waals surface area contributed by atoms with Crippen molar-refractivity contribution in [1.82, 2.24) is 14.5 Å². The summed E-state index contributed by atoms with van der Waals surface area (Å²) < 4.78 is 40.3. The SMILES string of the molecule is Cc1ccc(S(=O)(=O)N2C[C@H](O)COC[C@H]3O[C@@H](CC(=O)NCCN4CCCCC4)CC[C@@H]32)cc1. The molecule has 0 saturated carbocycles. The molecule has 10 heteroatoms. The van der Waals surface area contributed by atoms with Gasteiger partial charge in [0.2, 0.25) is 15.9 Å². The number of carbonyl (C=O) groups excluding carboxylic acids is 1. The number of β-amino-alcohol motifs (C(OH)–C–C–N with tert-alkyl or cyclic N) is 1. The fourth-order valence-electron chi connectivity index (χ4n) is 5.23. The first kappa shape index (κ1) is 26.5. The summed E-state index contributed by atoms with van der Waals surface area (Å²) in [5.41, 5.74) is 0.973. The maximum atomic E-state index is 13.5. The van der Waals surface area contributed by atoms with Crippen molar-refractivity contribution in [1.29, 1.82) is 0 Å². The Kier molecular flexibility index (Phi) is 9.18. The number of carbonyl (C=O) groups is 1. The number of aryl methyl sites for hydroxylation is 1. The molecule has 0 bridgehead atoms. The molecule has 0 aromatic heterocycles. The number of hydrogen-bond acceptors (Lipinski definition) is 7. The molecule has 0 spiro atoms. The van der Waals surface area contributed by atoms with Gasteiger partial charge in [0.05, 0.1) is 48.9 Å². The molecule has 1 aromatic rings. The topological polar surface area (TPSA) is 108 Å². The number of nitrogens with one attached hydrogen (secondary N) is 1. The van der Waals surface area contributed by atoms with Gasteiger partial charge in [-0.2, -0.15) is 4.31 Å². The zero-order valence-electron chi connectivity index (χ0n) is 20.6. The van der Waals surface area contributed by atoms with Crippen LogP contribution in [0.15, 0.2) is 29.2 Å². The average Bonchev–Trinajstić information content (AvgIpc) is 2.83. The Balaban J connectivity index is 1.36. The fourth-order valence-corrected chi connectivity index (χ4v) is 6.95. The van der Waals surface area contributed by atoms with Gasteiger partial charge in [0, 0.05) is 19.6 Å². The Morgan fingerprint density at radius 3 is 2.60 bits per heavy atom. The second kappa shape index (κ2) is 12.1. The maximum absolute atomic E-state index is 13.5. The molecule has 2 N–H and O–H groups in total. The van der Waals surface area contributed by atoms with Crippen molar-refractivity contribution >= 4 is 15.9 Å². The predicted octanol–water partition coefficient (Wildman–Crippen LogP) is 1.29. The molecule has 1 aromatic carbocycles. The fraction of sp³-hybridized carbons (Fsp3) is 0.720. The molecule has 3 aliphatic rings. The van der Waals surface area contributed by atoms with Gasteiger partial charge in [0.1, 0.15) is 0 Å². The highest BCUT2D eigenvalue weighted by Crippen LogP contribution is 2.31. The van der Waals surface area contributed by atoms with Crippen molar-refractivity contribution in [3.05, 3.63) is 29.8 Å². The van der Waals surface area contributed by atoms with Crippen LogP contribution in [0.3, 0.4) is 0 Å². The van der Waals surface area contributed by atoms with Gasteiger partial charge < -0.3 is 24.8 Å². The van der Waals surface area contributed by atoms with Gasteiger partial charge in [0.25, 0.3) is 0 Å². The van der Waals surface area contributed by atoms with Crippen LogP contribution < -0.4 is 5.32 Å². The van der Waals surface area contributed by atoms with E-state index < -0.39 is 28.3 Å². The predicted molar refractivity (Wildman–Crippen MR) is 131 cm³/mol. The molecule has 4 atom stereocenters. The minimum atomic E-state index is -3.83. The van der Waals surface area contributed by atoms with Crippen LogP contribution in [-0.2, 0) is 24.3 Å². The molecule has 0 unspecified atom stereocenters. The van der Waals surface area contributed by atoms with Gasteiger partial charge >= 0.3 is 0 Å². The Labute approximate surface area is 208 Å². The zero-order valence-corrected chi connectivity index (χ0v) is 21.4. The molecule has 3 aliphatic heterocycles. The first-order valence-corrected chi connectivity index (χ1v) is 14.3. The van der Waals surface area contributed by atoms with E-state index in [9.17, 15) is 18.3 Å². The number of benzene rings is 1. The lowest BCUT2D eigenvalue weighted by Gasteiger charge is -2.43. The van der Waals surface area contributed by atoms with E-state index >= 15 is 0 Å². The van der Waals surface area contributed by atoms with Crippen LogP contribution in [0.25, 0.3) is 0 Å². The number of piperidine rings is 1. The van der Waals surface area contributed by atoms with Crippen molar-refractivity contribution in [2.75, 3.05) is 45.9 Å². The molecular formula is C25H39N3O6S. The van der Waals surface area contributed by atoms with Crippen molar-refractivity contribution in [2.24, 2.45) is 0 Å². The van der Waals surface area contributed by atoms with Gasteiger partial charge in [-0.25, -0.2) is 8.42 Å². The summed E-state index contributed by atoms with van der Waals surface area (Å²) >= 11 is 0. The van der Waals surface area contributed by atoms with Crippen molar-refractivity contribution in [3.63, 3.8) is 0 Å². The molecule has 0 aliphatic carbocycles. The number of ether oxygens (including phenoxy) is 2. The highest BCUT2D eigenvalue weighted by atomic mass is 32.2. The zero-order chi connectivity index (χ0) is 24.8. The molecule has 0 radical (unpaired) electrons. The van der Waals surface area contributed by atoms with Crippen LogP contribution in [-0.4, -0.2) is 98.9 Å². The minimum Gasteiger partial charge on any atom is -0.389 e. The van der Waals surface area contributed by atoms with Crippen LogP contribution in [0.2, 0.25) is 0 Å². The van der Waals surface area contributed by atoms with E-state index in [0.29, 0.717) is 19.4 Å². The van der Waals surface area contributed by atoms with Crippen LogP contribution in [0.5, 0.6) is 0 Å². The van der Waals surface area contributed by atoms with E-state index in [1.54, 1.807) is 24.3 Å². The largest absolute Gasteiger partial charge is 0.389 e. The summed E-state index contributed by atoms with van der Waals surface area (Å²) in [5.74, 6) is -0.0447. The number of nitrogens with zero attached hydrogens (tertiary/aromatic N) is 2. The van der Waals surface area contributed by atoms with E-state index in [1.807, 2.05) is 6.92 Å². The first-order valence-electron chi connectivity index (χ1n) is 12.8. The third-order valence-electron chi connectivity index (χ3n) is 7.17. The van der Waals surface area contributed by atoms with E-state index in [2.05, 4.69) is 10.2 Å². The number of hydrogen-bond donors (Lipinski definition) is 2. The second-order valence-electron chi connectivity index (χ2n) is 9.98. The number of fused-ring (bicyclic) bond motifs is 1. The molecule has 196 valence electrons. The standard InChI is InChI=1S/C25H39N3O6S/c1-19-5-8-22(9-6-19)35(31,32)28-16-20(29)17-33-18-24-23(28)10-7-21(34-24)15-25(30)26-11-14-27-12-3-2-4-13-27/h5-6,8-9,20-21,23-24,29H,2-4,7,10-18H2,1H3,(H,26,30)/t20-,21+,23-,24+/m0/s1. The molecule has 3 fully saturated rings. The number of rotatable bonds is 7. The summed E-state index contributed by atoms with van der Waals surface area (Å²) in [6.07, 6.45) is 3.39. The summed E-state index contributed by atoms with van der Waals surface area (Å²) in [5, 5.41) is 13.4. The highest BCUT2D eigenvalue weighted by molar-refractivity contribution is 7.89. The maximum Gasteiger partial charge on any atom is 0.243 e. The van der Waals surface area contributed by atoms with E-state index in [-0.39, 0.29) is 43.1 Å². The average molecular weight is 510 g/mol. The quantitative estimate of drug-likeness (QED) is 0.570. The van der Waals surface area contributed by atoms with Gasteiger partial charge in [-0.1, -0.05) is 24.1 Å². The monoisotopic (exact) mass is 509 g/mol. The Morgan fingerprint density at radius 1 is 1.11 bits per heavy atom. The highest BCUT2D eigenvalue weighted by Gasteiger charge is 2.43. The Bertz CT molecular complexity index is 935. The molecule has 9 nitrogen and oxygen atoms in total. The normalized spacial score (nSPS) is 29.1. The van der Waals surface area contributed by atoms with Crippen LogP contribution in [0, 0.1) is 6.92 Å². The molecule has 35 heavy (non-hydrogen) atoms. The lowest BCUT2D eigenvalue weighted by atomic mass is 9.96. The second-order valence-corrected chi connectivity index (χ2v) is 11.9. The number of aliphatic hydroxyl groups excluding tert-OH is 1. The van der Waals surface area contributed by atoms with E-state index in [1.165, 1.54) is 23.6 Å². The molecule has 3 heterocycles. The van der Waals surface area contributed by atoms with E-state index in [4.69, 9.17) is 9.47 Å². The smallest absolute Gasteiger partial charge is 0.243 e. The van der Waals surface area contributed by atoms with Gasteiger partial charge in [0.15, 0.2) is 0 Å². The first-order chi connectivity index (χ1) is 16.8. The molecule has 4 rings (SSSR count). The van der Waals surface area contributed by atoms with Crippen molar-refractivity contribution in [2.45, 2.75) is 74.7 Å². The number of likely N-dealkylation sites (tertiary alicyclic amines) is 1. The summed E-state index contributed by atoms with van der Waals surface area (Å²) in [6.45, 7) is 5.75. The summed E-state index contributed by atoms with van der Waals surface area (Å²) in [7, 11) is -3.83. The Morgan fingerprint density at radius 2 is 1.86 bits per heavy atom. The van der Waals surface area contributed by atoms with E-state index in [0.717, 1.165) is 25.2 Å². The summed E-state index contributed by atoms with van der Waals surface area (Å²) in [6, 6.07) is 6.27. The van der Waals surface area contributed by atoms with Gasteiger partial charge in [-0.15, -0.1) is 0 Å². The third kappa shape index (κ3) is 7.02. The third-order valence-corrected chi connectivity index (χ3v) is 9.08. The number of aliphatic hydroxyl groups is 1. The van der Waals surface area contributed by atoms with Gasteiger partial charge in [-0.3, -0.25) is 4.79 Å². The van der Waals surface area contributed by atoms with Crippen LogP contribution in [0.4, 0.5) is 0 Å². The number of amides is 1. The summed E-state index contributed by atoms with van der Waals surface area (Å²) in [4.78, 5) is 15.1. The van der Waals surface area contributed by atoms with Gasteiger partial charge in [-0.05, 0) is 57.8 Å². The van der Waals surface area contributed by atoms with Crippen LogP contribution in [0.1, 0.15) is 44.1 Å². The molecular weight excluding hydrogens is 470 g/mol. The lowest BCUT2D eigenvalue weighted by Crippen LogP contribution is -2.57. The van der Waals surface area contributed by atoms with Crippen LogP contribution >= 0.6 is 0 Å². The molecule has 1 amide bonds.